The number of nitrogens with one attached hydrogen (secondary N) is 1. The molecule has 49 heavy (non-hydrogen) atoms. The van der Waals surface area contributed by atoms with Crippen molar-refractivity contribution in [3.8, 4) is 5.75 Å². The Labute approximate surface area is 293 Å². The predicted octanol–water partition coefficient (Wildman–Crippen LogP) is 6.31. The van der Waals surface area contributed by atoms with Crippen LogP contribution >= 0.6 is 22.9 Å². The minimum absolute atomic E-state index is 0.0155. The third-order valence-electron chi connectivity index (χ3n) is 10.7. The first kappa shape index (κ1) is 35.6. The Kier molecular flexibility index (Phi) is 10.9. The van der Waals surface area contributed by atoms with Crippen molar-refractivity contribution in [1.29, 1.82) is 0 Å². The van der Waals surface area contributed by atoms with Crippen molar-refractivity contribution in [2.24, 2.45) is 11.8 Å². The van der Waals surface area contributed by atoms with E-state index < -0.39 is 40.6 Å². The fraction of sp³-hybridized carbons (Fsp3) is 0.618. The van der Waals surface area contributed by atoms with Gasteiger partial charge in [0.25, 0.3) is 5.91 Å². The molecule has 1 aromatic heterocycles. The van der Waals surface area contributed by atoms with Crippen LogP contribution in [-0.4, -0.2) is 108 Å². The van der Waals surface area contributed by atoms with E-state index in [4.69, 9.17) is 16.3 Å². The number of carbonyl (C=O) groups is 3. The lowest BCUT2D eigenvalue weighted by molar-refractivity contribution is -0.142. The highest BCUT2D eigenvalue weighted by Crippen LogP contribution is 2.41. The number of piperidine rings is 3. The molecule has 4 aliphatic rings. The smallest absolute Gasteiger partial charge is 0.420 e. The van der Waals surface area contributed by atoms with Gasteiger partial charge in [0.1, 0.15) is 5.75 Å². The molecule has 0 aliphatic carbocycles. The molecule has 5 heterocycles. The number of carbonyl (C=O) groups excluding carboxylic acids is 3. The second-order valence-corrected chi connectivity index (χ2v) is 14.9. The van der Waals surface area contributed by atoms with E-state index in [0.29, 0.717) is 57.4 Å². The molecule has 268 valence electrons. The van der Waals surface area contributed by atoms with Gasteiger partial charge in [-0.05, 0) is 106 Å². The van der Waals surface area contributed by atoms with E-state index >= 15 is 0 Å². The molecule has 3 fully saturated rings. The number of hydrogen-bond donors (Lipinski definition) is 2. The van der Waals surface area contributed by atoms with Crippen LogP contribution in [0.15, 0.2) is 22.9 Å². The molecule has 10 nitrogen and oxygen atoms in total. The van der Waals surface area contributed by atoms with Crippen LogP contribution in [0.25, 0.3) is 0 Å². The molecule has 1 atom stereocenters. The number of thiophene rings is 1. The zero-order valence-electron chi connectivity index (χ0n) is 27.5. The number of fused-ring (bicyclic) bond motifs is 1. The summed E-state index contributed by atoms with van der Waals surface area (Å²) < 4.78 is 47.0. The normalized spacial score (nSPS) is 21.2. The second kappa shape index (κ2) is 14.9. The summed E-state index contributed by atoms with van der Waals surface area (Å²) in [7, 11) is 2.12. The molecule has 15 heteroatoms. The lowest BCUT2D eigenvalue weighted by Gasteiger charge is -2.40. The lowest BCUT2D eigenvalue weighted by Crippen LogP contribution is -2.52. The number of phenols is 1. The topological polar surface area (TPSA) is 106 Å². The summed E-state index contributed by atoms with van der Waals surface area (Å²) >= 11 is 7.53. The summed E-state index contributed by atoms with van der Waals surface area (Å²) in [5.41, 5.74) is 0.626. The first-order chi connectivity index (χ1) is 23.4. The number of halogens is 4. The molecule has 0 bridgehead atoms. The molecular weight excluding hydrogens is 683 g/mol. The summed E-state index contributed by atoms with van der Waals surface area (Å²) in [5.74, 6) is -0.469. The zero-order chi connectivity index (χ0) is 34.9. The van der Waals surface area contributed by atoms with Crippen LogP contribution in [0.2, 0.25) is 5.02 Å². The average Bonchev–Trinajstić information content (AvgIpc) is 3.45. The van der Waals surface area contributed by atoms with E-state index in [0.717, 1.165) is 62.5 Å². The summed E-state index contributed by atoms with van der Waals surface area (Å²) in [6.45, 7) is 4.20. The molecule has 2 aromatic rings. The molecule has 6 rings (SSSR count). The quantitative estimate of drug-likeness (QED) is 0.362. The molecule has 1 aromatic carbocycles. The van der Waals surface area contributed by atoms with E-state index in [9.17, 15) is 32.7 Å². The van der Waals surface area contributed by atoms with Crippen molar-refractivity contribution in [1.82, 2.24) is 19.6 Å². The summed E-state index contributed by atoms with van der Waals surface area (Å²) in [5, 5.41) is 16.4. The molecule has 4 amide bonds. The van der Waals surface area contributed by atoms with Crippen molar-refractivity contribution in [3.63, 3.8) is 0 Å². The Hall–Kier alpha value is -3.23. The third-order valence-corrected chi connectivity index (χ3v) is 11.8. The number of alkyl halides is 3. The number of aromatic hydroxyl groups is 1. The number of benzene rings is 1. The van der Waals surface area contributed by atoms with Crippen LogP contribution in [0.5, 0.6) is 5.75 Å². The number of likely N-dealkylation sites (tertiary alicyclic amines) is 3. The highest BCUT2D eigenvalue weighted by Gasteiger charge is 2.39. The van der Waals surface area contributed by atoms with Gasteiger partial charge < -0.3 is 34.8 Å². The van der Waals surface area contributed by atoms with Crippen molar-refractivity contribution in [3.05, 3.63) is 44.6 Å². The lowest BCUT2D eigenvalue weighted by atomic mass is 9.79. The number of urea groups is 1. The van der Waals surface area contributed by atoms with Crippen LogP contribution in [0.4, 0.5) is 28.4 Å². The number of rotatable bonds is 6. The predicted molar refractivity (Wildman–Crippen MR) is 180 cm³/mol. The molecule has 4 aliphatic heterocycles. The molecule has 3 saturated heterocycles. The van der Waals surface area contributed by atoms with Gasteiger partial charge in [-0.3, -0.25) is 4.79 Å². The zero-order valence-corrected chi connectivity index (χ0v) is 29.1. The van der Waals surface area contributed by atoms with E-state index in [1.807, 2.05) is 15.7 Å². The van der Waals surface area contributed by atoms with Crippen molar-refractivity contribution in [2.75, 3.05) is 58.2 Å². The summed E-state index contributed by atoms with van der Waals surface area (Å²) in [6, 6.07) is 1.66. The molecule has 0 spiro atoms. The van der Waals surface area contributed by atoms with Crippen molar-refractivity contribution < 1.29 is 37.4 Å². The highest BCUT2D eigenvalue weighted by molar-refractivity contribution is 7.08. The first-order valence-electron chi connectivity index (χ1n) is 17.0. The van der Waals surface area contributed by atoms with E-state index in [1.54, 1.807) is 16.2 Å². The van der Waals surface area contributed by atoms with Crippen LogP contribution in [0.1, 0.15) is 55.2 Å². The van der Waals surface area contributed by atoms with Crippen LogP contribution in [0.3, 0.4) is 0 Å². The monoisotopic (exact) mass is 725 g/mol. The van der Waals surface area contributed by atoms with Gasteiger partial charge in [0.05, 0.1) is 16.3 Å². The van der Waals surface area contributed by atoms with Gasteiger partial charge in [-0.2, -0.15) is 13.2 Å². The molecule has 2 N–H and O–H groups in total. The summed E-state index contributed by atoms with van der Waals surface area (Å²) in [4.78, 5) is 47.7. The molecular formula is C34H43ClF3N5O5S. The number of amides is 4. The average molecular weight is 726 g/mol. The maximum Gasteiger partial charge on any atom is 0.420 e. The second-order valence-electron chi connectivity index (χ2n) is 13.8. The Morgan fingerprint density at radius 3 is 2.27 bits per heavy atom. The van der Waals surface area contributed by atoms with Gasteiger partial charge in [-0.25, -0.2) is 9.59 Å². The Morgan fingerprint density at radius 2 is 1.61 bits per heavy atom. The fourth-order valence-electron chi connectivity index (χ4n) is 7.74. The van der Waals surface area contributed by atoms with E-state index in [1.165, 1.54) is 11.0 Å². The summed E-state index contributed by atoms with van der Waals surface area (Å²) in [6.07, 6.45) is -1.71. The number of phenolic OH excluding ortho intramolecular Hbond substituents is 1. The molecule has 0 unspecified atom stereocenters. The minimum atomic E-state index is -4.88. The molecule has 0 saturated carbocycles. The Bertz CT molecular complexity index is 1520. The highest BCUT2D eigenvalue weighted by atomic mass is 35.5. The van der Waals surface area contributed by atoms with Gasteiger partial charge in [0.15, 0.2) is 6.10 Å². The maximum atomic E-state index is 13.9. The standard InChI is InChI=1S/C34H43ClF3N5O5S/c1-40-9-2-22(3-10-40)23-4-11-41(12-5-23)31(45)29(18-21-16-26(34(36,37)38)30(44)27(35)17-21)48-33(47)42-13-7-25(8-14-42)43-15-6-24-19-49-20-28(24)39-32(43)46/h16-17,19-20,22-23,25,29,44H,2-15,18H2,1H3,(H,39,46)/t29-/m1/s1. The Balaban J connectivity index is 1.12. The number of ether oxygens (including phenoxy) is 1. The van der Waals surface area contributed by atoms with E-state index in [2.05, 4.69) is 17.3 Å². The maximum absolute atomic E-state index is 13.9. The SMILES string of the molecule is CN1CCC(C2CCN(C(=O)[C@@H](Cc3cc(Cl)c(O)c(C(F)(F)F)c3)OC(=O)N3CCC(N4CCc5cscc5NC4=O)CC3)CC2)CC1. The number of nitrogens with zero attached hydrogens (tertiary/aromatic N) is 4. The van der Waals surface area contributed by atoms with Gasteiger partial charge in [0.2, 0.25) is 0 Å². The fourth-order valence-corrected chi connectivity index (χ4v) is 8.80. The van der Waals surface area contributed by atoms with Crippen LogP contribution < -0.4 is 5.32 Å². The number of hydrogen-bond acceptors (Lipinski definition) is 7. The van der Waals surface area contributed by atoms with Crippen LogP contribution in [0, 0.1) is 11.8 Å². The minimum Gasteiger partial charge on any atom is -0.506 e. The van der Waals surface area contributed by atoms with Gasteiger partial charge in [0, 0.05) is 50.6 Å². The molecule has 0 radical (unpaired) electrons. The first-order valence-corrected chi connectivity index (χ1v) is 18.3. The van der Waals surface area contributed by atoms with Crippen LogP contribution in [-0.2, 0) is 28.5 Å². The largest absolute Gasteiger partial charge is 0.506 e. The Morgan fingerprint density at radius 1 is 0.980 bits per heavy atom. The van der Waals surface area contributed by atoms with Crippen molar-refractivity contribution >= 4 is 46.7 Å². The van der Waals surface area contributed by atoms with Gasteiger partial charge in [-0.1, -0.05) is 11.6 Å². The van der Waals surface area contributed by atoms with Gasteiger partial charge in [-0.15, -0.1) is 11.3 Å². The number of anilines is 1. The third kappa shape index (κ3) is 8.23. The van der Waals surface area contributed by atoms with Crippen molar-refractivity contribution in [2.45, 2.75) is 69.7 Å². The van der Waals surface area contributed by atoms with Gasteiger partial charge >= 0.3 is 18.3 Å². The van der Waals surface area contributed by atoms with E-state index in [-0.39, 0.29) is 24.1 Å².